The van der Waals surface area contributed by atoms with E-state index in [0.29, 0.717) is 5.82 Å². The van der Waals surface area contributed by atoms with Crippen molar-refractivity contribution in [2.24, 2.45) is 10.8 Å². The van der Waals surface area contributed by atoms with Gasteiger partial charge in [0.2, 0.25) is 0 Å². The fourth-order valence-corrected chi connectivity index (χ4v) is 8.62. The van der Waals surface area contributed by atoms with E-state index < -0.39 is 11.7 Å². The van der Waals surface area contributed by atoms with Crippen LogP contribution in [-0.2, 0) is 4.74 Å². The fraction of sp³-hybridized carbons (Fsp3) is 0.400. The van der Waals surface area contributed by atoms with Crippen LogP contribution in [0.15, 0.2) is 73.1 Å². The molecule has 3 N–H and O–H groups in total. The zero-order valence-corrected chi connectivity index (χ0v) is 29.0. The summed E-state index contributed by atoms with van der Waals surface area (Å²) >= 11 is 0. The van der Waals surface area contributed by atoms with Crippen LogP contribution >= 0.6 is 0 Å². The summed E-state index contributed by atoms with van der Waals surface area (Å²) in [6.45, 7) is 10.1. The average Bonchev–Trinajstić information content (AvgIpc) is 3.55. The summed E-state index contributed by atoms with van der Waals surface area (Å²) in [5, 5.41) is 12.1. The van der Waals surface area contributed by atoms with Crippen molar-refractivity contribution in [2.75, 3.05) is 0 Å². The minimum Gasteiger partial charge on any atom is -0.465 e. The third-order valence-corrected chi connectivity index (χ3v) is 11.6. The van der Waals surface area contributed by atoms with Crippen molar-refractivity contribution in [3.8, 4) is 33.6 Å². The molecular weight excluding hydrogens is 628 g/mol. The largest absolute Gasteiger partial charge is 0.465 e. The Morgan fingerprint density at radius 2 is 1.20 bits per heavy atom. The molecule has 0 radical (unpaired) electrons. The Morgan fingerprint density at radius 3 is 1.78 bits per heavy atom. The van der Waals surface area contributed by atoms with Gasteiger partial charge in [-0.15, -0.1) is 0 Å². The first-order valence-electron chi connectivity index (χ1n) is 17.6. The Balaban J connectivity index is 0.911. The molecule has 6 atom stereocenters. The van der Waals surface area contributed by atoms with Crippen molar-refractivity contribution in [3.63, 3.8) is 0 Å². The number of carbonyl (C=O) groups excluding carboxylic acids is 1. The summed E-state index contributed by atoms with van der Waals surface area (Å²) in [4.78, 5) is 44.9. The highest BCUT2D eigenvalue weighted by molar-refractivity contribution is 5.90. The van der Waals surface area contributed by atoms with Gasteiger partial charge in [-0.1, -0.05) is 62.4 Å². The predicted molar refractivity (Wildman–Crippen MR) is 190 cm³/mol. The first kappa shape index (κ1) is 30.9. The minimum atomic E-state index is -0.872. The molecule has 4 fully saturated rings. The van der Waals surface area contributed by atoms with Gasteiger partial charge in [-0.05, 0) is 96.9 Å². The van der Waals surface area contributed by atoms with Crippen molar-refractivity contribution in [2.45, 2.75) is 90.1 Å². The summed E-state index contributed by atoms with van der Waals surface area (Å²) in [7, 11) is 0. The maximum atomic E-state index is 13.2. The number of fused-ring (bicyclic) bond motifs is 3. The summed E-state index contributed by atoms with van der Waals surface area (Å²) in [6.07, 6.45) is 6.16. The van der Waals surface area contributed by atoms with Crippen molar-refractivity contribution in [1.82, 2.24) is 29.7 Å². The molecule has 0 bridgehead atoms. The molecule has 5 aromatic rings. The second kappa shape index (κ2) is 10.4. The van der Waals surface area contributed by atoms with Crippen LogP contribution in [0, 0.1) is 10.8 Å². The van der Waals surface area contributed by atoms with Crippen molar-refractivity contribution >= 4 is 23.0 Å². The minimum absolute atomic E-state index is 0.0722. The maximum absolute atomic E-state index is 13.2. The number of likely N-dealkylation sites (tertiary alicyclic amines) is 2. The van der Waals surface area contributed by atoms with Crippen LogP contribution < -0.4 is 0 Å². The molecule has 10 nitrogen and oxygen atoms in total. The number of amides is 2. The molecule has 0 spiro atoms. The van der Waals surface area contributed by atoms with Crippen LogP contribution in [-0.4, -0.2) is 64.7 Å². The van der Waals surface area contributed by atoms with Crippen molar-refractivity contribution in [1.29, 1.82) is 0 Å². The molecule has 2 aromatic heterocycles. The van der Waals surface area contributed by atoms with Crippen LogP contribution in [0.3, 0.4) is 0 Å². The van der Waals surface area contributed by atoms with Crippen LogP contribution in [0.4, 0.5) is 9.59 Å². The Labute approximate surface area is 290 Å². The Kier molecular flexibility index (Phi) is 6.46. The van der Waals surface area contributed by atoms with Gasteiger partial charge in [-0.3, -0.25) is 9.80 Å². The number of nitrogens with one attached hydrogen (secondary N) is 2. The van der Waals surface area contributed by atoms with Gasteiger partial charge in [0.25, 0.3) is 0 Å². The number of carbonyl (C=O) groups is 2. The Bertz CT molecular complexity index is 2180. The van der Waals surface area contributed by atoms with Crippen molar-refractivity contribution in [3.05, 3.63) is 84.7 Å². The van der Waals surface area contributed by atoms with E-state index in [2.05, 4.69) is 89.5 Å². The standard InChI is InChI=1S/C40H42N6O4/c1-38(2,3)50-37(49)46-31(17-40(5)19-33(40)46)35-42-21-29(44-35)27-13-12-25-14-24(10-11-26(25)15-27)22-6-8-23(9-7-22)28-20-41-34(43-28)30-16-39(4)18-32(39)45(30)36(47)48/h6-15,20-21,30-33H,16-19H2,1-5H3,(H,41,43)(H,42,44)(H,47,48)/t30-,31-,32-,33-,39+,40-/m0/s1. The molecule has 0 unspecified atom stereocenters. The van der Waals surface area contributed by atoms with E-state index in [1.807, 2.05) is 31.9 Å². The predicted octanol–water partition coefficient (Wildman–Crippen LogP) is 8.95. The van der Waals surface area contributed by atoms with E-state index in [9.17, 15) is 14.7 Å². The summed E-state index contributed by atoms with van der Waals surface area (Å²) in [6, 6.07) is 21.2. The molecule has 9 rings (SSSR count). The van der Waals surface area contributed by atoms with Gasteiger partial charge in [-0.2, -0.15) is 0 Å². The van der Waals surface area contributed by atoms with E-state index in [1.165, 1.54) is 0 Å². The molecule has 256 valence electrons. The molecule has 2 aliphatic heterocycles. The number of nitrogens with zero attached hydrogens (tertiary/aromatic N) is 4. The van der Waals surface area contributed by atoms with Gasteiger partial charge >= 0.3 is 12.2 Å². The van der Waals surface area contributed by atoms with E-state index in [4.69, 9.17) is 9.72 Å². The molecular formula is C40H42N6O4. The summed E-state index contributed by atoms with van der Waals surface area (Å²) in [5.41, 5.74) is 5.73. The highest BCUT2D eigenvalue weighted by atomic mass is 16.6. The second-order valence-electron chi connectivity index (χ2n) is 16.5. The number of rotatable bonds is 5. The monoisotopic (exact) mass is 670 g/mol. The van der Waals surface area contributed by atoms with E-state index in [0.717, 1.165) is 75.9 Å². The van der Waals surface area contributed by atoms with Crippen LogP contribution in [0.25, 0.3) is 44.4 Å². The topological polar surface area (TPSA) is 127 Å². The number of ether oxygens (including phenoxy) is 1. The highest BCUT2D eigenvalue weighted by Crippen LogP contribution is 2.64. The zero-order valence-electron chi connectivity index (χ0n) is 29.0. The van der Waals surface area contributed by atoms with Gasteiger partial charge in [0.1, 0.15) is 17.2 Å². The lowest BCUT2D eigenvalue weighted by molar-refractivity contribution is 0.0174. The highest BCUT2D eigenvalue weighted by Gasteiger charge is 2.65. The van der Waals surface area contributed by atoms with E-state index >= 15 is 0 Å². The number of piperidine rings is 2. The normalized spacial score (nSPS) is 28.1. The number of aromatic nitrogens is 4. The third-order valence-electron chi connectivity index (χ3n) is 11.6. The first-order valence-corrected chi connectivity index (χ1v) is 17.6. The van der Waals surface area contributed by atoms with Crippen molar-refractivity contribution < 1.29 is 19.4 Å². The van der Waals surface area contributed by atoms with Crippen LogP contribution in [0.2, 0.25) is 0 Å². The lowest BCUT2D eigenvalue weighted by Gasteiger charge is -2.29. The van der Waals surface area contributed by atoms with Gasteiger partial charge in [0, 0.05) is 17.6 Å². The average molecular weight is 671 g/mol. The number of imidazole rings is 2. The van der Waals surface area contributed by atoms with Gasteiger partial charge in [0.05, 0.1) is 35.9 Å². The number of hydrogen-bond acceptors (Lipinski definition) is 5. The number of H-pyrrole nitrogens is 2. The molecule has 50 heavy (non-hydrogen) atoms. The molecule has 3 aromatic carbocycles. The van der Waals surface area contributed by atoms with Gasteiger partial charge < -0.3 is 19.8 Å². The number of carboxylic acid groups (broad SMARTS) is 1. The number of aromatic amines is 2. The van der Waals surface area contributed by atoms with E-state index in [1.54, 1.807) is 11.1 Å². The number of benzene rings is 3. The smallest absolute Gasteiger partial charge is 0.411 e. The molecule has 2 amide bonds. The van der Waals surface area contributed by atoms with Gasteiger partial charge in [0.15, 0.2) is 0 Å². The maximum Gasteiger partial charge on any atom is 0.411 e. The Morgan fingerprint density at radius 1 is 0.720 bits per heavy atom. The third kappa shape index (κ3) is 5.06. The lowest BCUT2D eigenvalue weighted by Crippen LogP contribution is -2.38. The molecule has 2 saturated heterocycles. The SMILES string of the molecule is CC(C)(C)OC(=O)N1[C@H]2C[C@]2(C)C[C@H]1c1ncc(-c2ccc3cc(-c4ccc(-c5cnc([C@@H]6C[C@]7(C)C[C@@H]7N6C(=O)O)[nH]5)cc4)ccc3c2)[nH]1. The first-order chi connectivity index (χ1) is 23.8. The van der Waals surface area contributed by atoms with Crippen LogP contribution in [0.1, 0.15) is 84.0 Å². The fourth-order valence-electron chi connectivity index (χ4n) is 8.62. The van der Waals surface area contributed by atoms with Gasteiger partial charge in [-0.25, -0.2) is 19.6 Å². The molecule has 2 saturated carbocycles. The molecule has 10 heteroatoms. The lowest BCUT2D eigenvalue weighted by atomic mass is 9.98. The summed E-state index contributed by atoms with van der Waals surface area (Å²) < 4.78 is 5.78. The molecule has 2 aliphatic carbocycles. The zero-order chi connectivity index (χ0) is 34.7. The quantitative estimate of drug-likeness (QED) is 0.171. The van der Waals surface area contributed by atoms with Crippen LogP contribution in [0.5, 0.6) is 0 Å². The second-order valence-corrected chi connectivity index (χ2v) is 16.5. The summed E-state index contributed by atoms with van der Waals surface area (Å²) in [5.74, 6) is 1.52. The van der Waals surface area contributed by atoms with E-state index in [-0.39, 0.29) is 41.1 Å². The molecule has 4 heterocycles. The number of hydrogen-bond donors (Lipinski definition) is 3. The molecule has 4 aliphatic rings. The Hall–Kier alpha value is -5.12.